The first-order chi connectivity index (χ1) is 14.6. The van der Waals surface area contributed by atoms with Gasteiger partial charge in [0, 0.05) is 13.1 Å². The van der Waals surface area contributed by atoms with Crippen LogP contribution in [-0.2, 0) is 38.4 Å². The molecule has 0 saturated carbocycles. The second-order valence-corrected chi connectivity index (χ2v) is 5.79. The maximum Gasteiger partial charge on any atom is 0.332 e. The van der Waals surface area contributed by atoms with E-state index in [0.29, 0.717) is 0 Å². The van der Waals surface area contributed by atoms with Gasteiger partial charge in [-0.15, -0.1) is 0 Å². The van der Waals surface area contributed by atoms with Crippen LogP contribution >= 0.6 is 0 Å². The molecule has 0 aromatic heterocycles. The van der Waals surface area contributed by atoms with Gasteiger partial charge in [0.1, 0.15) is 0 Å². The molecule has 0 atom stereocenters. The highest BCUT2D eigenvalue weighted by molar-refractivity contribution is 6.03. The number of carbonyl (C=O) groups is 8. The Morgan fingerprint density at radius 3 is 0.594 bits per heavy atom. The van der Waals surface area contributed by atoms with Crippen molar-refractivity contribution in [1.29, 1.82) is 0 Å². The fourth-order valence-electron chi connectivity index (χ4n) is 2.60. The molecule has 32 heavy (non-hydrogen) atoms. The molecule has 18 heteroatoms. The average Bonchev–Trinajstić information content (AvgIpc) is 2.56. The summed E-state index contributed by atoms with van der Waals surface area (Å²) >= 11 is 0. The van der Waals surface area contributed by atoms with Crippen LogP contribution in [0.5, 0.6) is 0 Å². The van der Waals surface area contributed by atoms with E-state index in [-0.39, 0.29) is 9.80 Å². The normalized spacial score (nSPS) is 11.3. The molecule has 0 rings (SSSR count). The molecule has 178 valence electrons. The van der Waals surface area contributed by atoms with Crippen LogP contribution in [0.25, 0.3) is 0 Å². The molecule has 18 nitrogen and oxygen atoms in total. The van der Waals surface area contributed by atoms with E-state index in [0.717, 1.165) is 0 Å². The molecule has 0 aliphatic rings. The third-order valence-corrected chi connectivity index (χ3v) is 3.81. The van der Waals surface area contributed by atoms with Gasteiger partial charge in [-0.25, -0.2) is 38.4 Å². The maximum atomic E-state index is 11.3. The molecule has 0 saturated heterocycles. The van der Waals surface area contributed by atoms with Crippen molar-refractivity contribution < 1.29 is 79.2 Å². The minimum atomic E-state index is -2.89. The van der Waals surface area contributed by atoms with E-state index in [1.54, 1.807) is 0 Å². The lowest BCUT2D eigenvalue weighted by Gasteiger charge is -2.34. The fraction of sp³-hybridized carbons (Fsp3) is 0.429. The van der Waals surface area contributed by atoms with Crippen LogP contribution in [0.4, 0.5) is 0 Å². The number of nitrogens with zero attached hydrogens (tertiary/aromatic N) is 2. The van der Waals surface area contributed by atoms with Crippen molar-refractivity contribution in [2.24, 2.45) is 0 Å². The molecular weight excluding hydrogens is 452 g/mol. The van der Waals surface area contributed by atoms with E-state index >= 15 is 0 Å². The predicted octanol–water partition coefficient (Wildman–Crippen LogP) is -4.26. The van der Waals surface area contributed by atoms with Crippen molar-refractivity contribution in [2.75, 3.05) is 13.1 Å². The second kappa shape index (κ2) is 11.2. The first kappa shape index (κ1) is 27.7. The number of carboxylic acids is 8. The highest BCUT2D eigenvalue weighted by atomic mass is 16.4. The Labute approximate surface area is 175 Å². The quantitative estimate of drug-likeness (QED) is 0.105. The zero-order valence-corrected chi connectivity index (χ0v) is 15.5. The molecule has 0 heterocycles. The Kier molecular flexibility index (Phi) is 9.67. The molecular formula is C14H16N2O16. The number of hydrogen-bond acceptors (Lipinski definition) is 10. The summed E-state index contributed by atoms with van der Waals surface area (Å²) in [6.07, 6.45) is 0. The zero-order valence-electron chi connectivity index (χ0n) is 15.5. The van der Waals surface area contributed by atoms with E-state index in [1.165, 1.54) is 0 Å². The van der Waals surface area contributed by atoms with E-state index in [9.17, 15) is 38.4 Å². The van der Waals surface area contributed by atoms with Gasteiger partial charge >= 0.3 is 47.8 Å². The van der Waals surface area contributed by atoms with Crippen LogP contribution < -0.4 is 0 Å². The molecule has 0 aliphatic heterocycles. The number of hydrogen-bond donors (Lipinski definition) is 8. The lowest BCUT2D eigenvalue weighted by molar-refractivity contribution is -0.173. The van der Waals surface area contributed by atoms with Crippen molar-refractivity contribution in [1.82, 2.24) is 9.80 Å². The summed E-state index contributed by atoms with van der Waals surface area (Å²) in [6.45, 7) is -2.80. The zero-order chi connectivity index (χ0) is 25.5. The lowest BCUT2D eigenvalue weighted by Crippen LogP contribution is -2.62. The summed E-state index contributed by atoms with van der Waals surface area (Å²) in [5.41, 5.74) is 0. The third kappa shape index (κ3) is 6.60. The Morgan fingerprint density at radius 1 is 0.375 bits per heavy atom. The van der Waals surface area contributed by atoms with Crippen molar-refractivity contribution >= 4 is 47.8 Å². The Morgan fingerprint density at radius 2 is 0.500 bits per heavy atom. The van der Waals surface area contributed by atoms with Gasteiger partial charge in [-0.05, 0) is 0 Å². The molecule has 0 aliphatic carbocycles. The van der Waals surface area contributed by atoms with Gasteiger partial charge in [-0.2, -0.15) is 0 Å². The van der Waals surface area contributed by atoms with E-state index in [1.807, 2.05) is 0 Å². The predicted molar refractivity (Wildman–Crippen MR) is 89.7 cm³/mol. The minimum absolute atomic E-state index is 0.232. The van der Waals surface area contributed by atoms with E-state index < -0.39 is 85.0 Å². The summed E-state index contributed by atoms with van der Waals surface area (Å²) in [5, 5.41) is 72.5. The topological polar surface area (TPSA) is 305 Å². The van der Waals surface area contributed by atoms with Gasteiger partial charge in [0.25, 0.3) is 0 Å². The molecule has 0 spiro atoms. The highest BCUT2D eigenvalue weighted by Gasteiger charge is 2.47. The molecule has 8 N–H and O–H groups in total. The number of rotatable bonds is 15. The molecule has 0 unspecified atom stereocenters. The van der Waals surface area contributed by atoms with Gasteiger partial charge < -0.3 is 40.9 Å². The number of aliphatic carboxylic acids is 8. The monoisotopic (exact) mass is 468 g/mol. The standard InChI is InChI=1S/C14H16N2O16/c17-7(18)3(8(19)20)15(4(9(21)22)10(23)24)1-2-16(5(11(25)26)12(27)28)6(13(29)30)14(31)32/h3-6H,1-2H2,(H,17,18)(H,19,20)(H,21,22)(H,23,24)(H,25,26)(H,27,28)(H,29,30)(H,31,32). The van der Waals surface area contributed by atoms with E-state index in [2.05, 4.69) is 0 Å². The van der Waals surface area contributed by atoms with Gasteiger partial charge in [0.05, 0.1) is 0 Å². The molecule has 0 bridgehead atoms. The van der Waals surface area contributed by atoms with Crippen molar-refractivity contribution in [2.45, 2.75) is 24.2 Å². The Bertz CT molecular complexity index is 649. The average molecular weight is 468 g/mol. The molecule has 0 fully saturated rings. The first-order valence-corrected chi connectivity index (χ1v) is 7.90. The van der Waals surface area contributed by atoms with Gasteiger partial charge in [0.15, 0.2) is 0 Å². The Balaban J connectivity index is 6.58. The van der Waals surface area contributed by atoms with Gasteiger partial charge in [-0.3, -0.25) is 9.80 Å². The summed E-state index contributed by atoms with van der Waals surface area (Å²) < 4.78 is 0. The minimum Gasteiger partial charge on any atom is -0.480 e. The summed E-state index contributed by atoms with van der Waals surface area (Å²) in [7, 11) is 0. The van der Waals surface area contributed by atoms with Crippen LogP contribution in [0.1, 0.15) is 0 Å². The fourth-order valence-corrected chi connectivity index (χ4v) is 2.60. The van der Waals surface area contributed by atoms with Gasteiger partial charge in [0.2, 0.25) is 24.2 Å². The molecule has 0 radical (unpaired) electrons. The number of carboxylic acid groups (broad SMARTS) is 8. The molecule has 0 aromatic carbocycles. The SMILES string of the molecule is O=C(O)C(C(=O)O)N(CCN(C(C(=O)O)C(=O)O)C(C(=O)O)C(=O)O)C(C(=O)O)C(=O)O. The first-order valence-electron chi connectivity index (χ1n) is 7.90. The van der Waals surface area contributed by atoms with E-state index in [4.69, 9.17) is 40.9 Å². The van der Waals surface area contributed by atoms with Crippen LogP contribution in [0.3, 0.4) is 0 Å². The van der Waals surface area contributed by atoms with Crippen LogP contribution in [0.15, 0.2) is 0 Å². The second-order valence-electron chi connectivity index (χ2n) is 5.79. The lowest BCUT2D eigenvalue weighted by atomic mass is 10.1. The Hall–Kier alpha value is -4.32. The van der Waals surface area contributed by atoms with Crippen molar-refractivity contribution in [3.05, 3.63) is 0 Å². The smallest absolute Gasteiger partial charge is 0.332 e. The summed E-state index contributed by atoms with van der Waals surface area (Å²) in [5.74, 6) is -18.2. The van der Waals surface area contributed by atoms with Gasteiger partial charge in [-0.1, -0.05) is 0 Å². The van der Waals surface area contributed by atoms with Crippen LogP contribution in [0.2, 0.25) is 0 Å². The summed E-state index contributed by atoms with van der Waals surface area (Å²) in [4.78, 5) is 89.8. The molecule has 0 aromatic rings. The highest BCUT2D eigenvalue weighted by Crippen LogP contribution is 2.14. The van der Waals surface area contributed by atoms with Crippen molar-refractivity contribution in [3.63, 3.8) is 0 Å². The summed E-state index contributed by atoms with van der Waals surface area (Å²) in [6, 6.07) is -11.6. The maximum absolute atomic E-state index is 11.3. The van der Waals surface area contributed by atoms with Crippen molar-refractivity contribution in [3.8, 4) is 0 Å². The largest absolute Gasteiger partial charge is 0.480 e. The van der Waals surface area contributed by atoms with Crippen LogP contribution in [0, 0.1) is 0 Å². The molecule has 0 amide bonds. The van der Waals surface area contributed by atoms with Crippen LogP contribution in [-0.4, -0.2) is 136 Å². The third-order valence-electron chi connectivity index (χ3n) is 3.81.